The number of fused-ring (bicyclic) bond motifs is 1. The summed E-state index contributed by atoms with van der Waals surface area (Å²) in [4.78, 5) is 15.3. The quantitative estimate of drug-likeness (QED) is 0.656. The lowest BCUT2D eigenvalue weighted by atomic mass is 10.2. The van der Waals surface area contributed by atoms with Crippen LogP contribution in [0.3, 0.4) is 0 Å². The summed E-state index contributed by atoms with van der Waals surface area (Å²) in [5.41, 5.74) is 2.26. The number of benzene rings is 1. The number of imidazole rings is 1. The molecule has 0 unspecified atom stereocenters. The van der Waals surface area contributed by atoms with Gasteiger partial charge in [0.2, 0.25) is 0 Å². The molecule has 0 saturated heterocycles. The van der Waals surface area contributed by atoms with Gasteiger partial charge >= 0.3 is 0 Å². The van der Waals surface area contributed by atoms with E-state index in [1.807, 2.05) is 41.9 Å². The number of nitrogens with zero attached hydrogens (tertiary/aromatic N) is 2. The maximum atomic E-state index is 10.8. The molecule has 0 radical (unpaired) electrons. The SMILES string of the molecule is CCOc1cc(C=O)ccc1OCc1cn2ccccc2n1. The fourth-order valence-electron chi connectivity index (χ4n) is 2.19. The van der Waals surface area contributed by atoms with E-state index in [9.17, 15) is 4.79 Å². The Morgan fingerprint density at radius 2 is 2.09 bits per heavy atom. The zero-order chi connectivity index (χ0) is 15.4. The summed E-state index contributed by atoms with van der Waals surface area (Å²) in [6.45, 7) is 2.73. The Kier molecular flexibility index (Phi) is 4.05. The average molecular weight is 296 g/mol. The first-order chi connectivity index (χ1) is 10.8. The monoisotopic (exact) mass is 296 g/mol. The van der Waals surface area contributed by atoms with Crippen molar-refractivity contribution < 1.29 is 14.3 Å². The van der Waals surface area contributed by atoms with Crippen LogP contribution in [0.25, 0.3) is 5.65 Å². The summed E-state index contributed by atoms with van der Waals surface area (Å²) in [6.07, 6.45) is 4.65. The number of ether oxygens (including phenoxy) is 2. The summed E-state index contributed by atoms with van der Waals surface area (Å²) >= 11 is 0. The minimum absolute atomic E-state index is 0.336. The molecule has 0 N–H and O–H groups in total. The van der Waals surface area contributed by atoms with Crippen molar-refractivity contribution in [1.29, 1.82) is 0 Å². The Morgan fingerprint density at radius 3 is 2.86 bits per heavy atom. The van der Waals surface area contributed by atoms with E-state index in [2.05, 4.69) is 4.98 Å². The Balaban J connectivity index is 1.79. The topological polar surface area (TPSA) is 52.8 Å². The van der Waals surface area contributed by atoms with Crippen LogP contribution < -0.4 is 9.47 Å². The molecule has 0 atom stereocenters. The van der Waals surface area contributed by atoms with E-state index in [4.69, 9.17) is 9.47 Å². The second-order valence-corrected chi connectivity index (χ2v) is 4.74. The molecule has 5 nitrogen and oxygen atoms in total. The van der Waals surface area contributed by atoms with Crippen molar-refractivity contribution >= 4 is 11.9 Å². The third kappa shape index (κ3) is 2.93. The van der Waals surface area contributed by atoms with Crippen LogP contribution in [0, 0.1) is 0 Å². The lowest BCUT2D eigenvalue weighted by Crippen LogP contribution is -2.00. The third-order valence-corrected chi connectivity index (χ3v) is 3.19. The second kappa shape index (κ2) is 6.30. The fraction of sp³-hybridized carbons (Fsp3) is 0.176. The number of hydrogen-bond acceptors (Lipinski definition) is 4. The fourth-order valence-corrected chi connectivity index (χ4v) is 2.19. The van der Waals surface area contributed by atoms with Crippen LogP contribution in [0.4, 0.5) is 0 Å². The predicted molar refractivity (Wildman–Crippen MR) is 82.5 cm³/mol. The molecule has 0 aliphatic rings. The molecule has 112 valence electrons. The number of rotatable bonds is 6. The van der Waals surface area contributed by atoms with Gasteiger partial charge in [-0.3, -0.25) is 4.79 Å². The van der Waals surface area contributed by atoms with Crippen LogP contribution in [0.2, 0.25) is 0 Å². The van der Waals surface area contributed by atoms with Gasteiger partial charge in [-0.1, -0.05) is 6.07 Å². The molecule has 2 aromatic heterocycles. The highest BCUT2D eigenvalue weighted by molar-refractivity contribution is 5.76. The smallest absolute Gasteiger partial charge is 0.161 e. The number of carbonyl (C=O) groups excluding carboxylic acids is 1. The normalized spacial score (nSPS) is 10.6. The van der Waals surface area contributed by atoms with Crippen LogP contribution >= 0.6 is 0 Å². The summed E-state index contributed by atoms with van der Waals surface area (Å²) in [5, 5.41) is 0. The summed E-state index contributed by atoms with van der Waals surface area (Å²) < 4.78 is 13.2. The first kappa shape index (κ1) is 14.1. The van der Waals surface area contributed by atoms with Gasteiger partial charge in [-0.15, -0.1) is 0 Å². The zero-order valence-electron chi connectivity index (χ0n) is 12.2. The van der Waals surface area contributed by atoms with E-state index >= 15 is 0 Å². The Morgan fingerprint density at radius 1 is 1.18 bits per heavy atom. The molecular formula is C17H16N2O3. The highest BCUT2D eigenvalue weighted by Gasteiger charge is 2.08. The summed E-state index contributed by atoms with van der Waals surface area (Å²) in [6, 6.07) is 10.9. The first-order valence-corrected chi connectivity index (χ1v) is 7.07. The molecular weight excluding hydrogens is 280 g/mol. The van der Waals surface area contributed by atoms with E-state index in [0.717, 1.165) is 17.6 Å². The van der Waals surface area contributed by atoms with Crippen molar-refractivity contribution in [1.82, 2.24) is 9.38 Å². The van der Waals surface area contributed by atoms with Gasteiger partial charge in [0.15, 0.2) is 11.5 Å². The highest BCUT2D eigenvalue weighted by Crippen LogP contribution is 2.28. The van der Waals surface area contributed by atoms with Gasteiger partial charge in [0.05, 0.1) is 12.3 Å². The Bertz CT molecular complexity index is 762. The highest BCUT2D eigenvalue weighted by atomic mass is 16.5. The van der Waals surface area contributed by atoms with E-state index < -0.39 is 0 Å². The minimum Gasteiger partial charge on any atom is -0.490 e. The van der Waals surface area contributed by atoms with Crippen molar-refractivity contribution in [2.24, 2.45) is 0 Å². The standard InChI is InChI=1S/C17H16N2O3/c1-2-21-16-9-13(11-20)6-7-15(16)22-12-14-10-19-8-4-3-5-17(19)18-14/h3-11H,2,12H2,1H3. The molecule has 1 aromatic carbocycles. The molecule has 0 amide bonds. The molecule has 0 aliphatic carbocycles. The molecule has 0 aliphatic heterocycles. The molecule has 0 spiro atoms. The minimum atomic E-state index is 0.336. The largest absolute Gasteiger partial charge is 0.490 e. The van der Waals surface area contributed by atoms with Crippen LogP contribution in [0.1, 0.15) is 23.0 Å². The van der Waals surface area contributed by atoms with Crippen molar-refractivity contribution in [2.75, 3.05) is 6.61 Å². The van der Waals surface area contributed by atoms with E-state index in [-0.39, 0.29) is 0 Å². The van der Waals surface area contributed by atoms with Gasteiger partial charge in [-0.2, -0.15) is 0 Å². The lowest BCUT2D eigenvalue weighted by molar-refractivity contribution is 0.112. The average Bonchev–Trinajstić information content (AvgIpc) is 2.96. The molecule has 3 rings (SSSR count). The van der Waals surface area contributed by atoms with Crippen molar-refractivity contribution in [3.8, 4) is 11.5 Å². The number of aromatic nitrogens is 2. The molecule has 0 bridgehead atoms. The van der Waals surface area contributed by atoms with Crippen molar-refractivity contribution in [3.05, 3.63) is 60.0 Å². The summed E-state index contributed by atoms with van der Waals surface area (Å²) in [5.74, 6) is 1.17. The van der Waals surface area contributed by atoms with E-state index in [1.165, 1.54) is 0 Å². The molecule has 0 fully saturated rings. The maximum Gasteiger partial charge on any atom is 0.161 e. The van der Waals surface area contributed by atoms with Gasteiger partial charge in [-0.25, -0.2) is 4.98 Å². The molecule has 5 heteroatoms. The van der Waals surface area contributed by atoms with Crippen molar-refractivity contribution in [2.45, 2.75) is 13.5 Å². The first-order valence-electron chi connectivity index (χ1n) is 7.07. The summed E-state index contributed by atoms with van der Waals surface area (Å²) in [7, 11) is 0. The van der Waals surface area contributed by atoms with Crippen LogP contribution in [0.5, 0.6) is 11.5 Å². The molecule has 0 saturated carbocycles. The van der Waals surface area contributed by atoms with Crippen molar-refractivity contribution in [3.63, 3.8) is 0 Å². The Hall–Kier alpha value is -2.82. The number of pyridine rings is 1. The van der Waals surface area contributed by atoms with E-state index in [0.29, 0.717) is 30.3 Å². The Labute approximate surface area is 128 Å². The maximum absolute atomic E-state index is 10.8. The molecule has 22 heavy (non-hydrogen) atoms. The third-order valence-electron chi connectivity index (χ3n) is 3.19. The molecule has 3 aromatic rings. The lowest BCUT2D eigenvalue weighted by Gasteiger charge is -2.11. The van der Waals surface area contributed by atoms with Crippen LogP contribution in [0.15, 0.2) is 48.8 Å². The van der Waals surface area contributed by atoms with Gasteiger partial charge in [0.25, 0.3) is 0 Å². The van der Waals surface area contributed by atoms with Crippen LogP contribution in [-0.2, 0) is 6.61 Å². The van der Waals surface area contributed by atoms with Gasteiger partial charge in [0.1, 0.15) is 18.5 Å². The number of aldehydes is 1. The number of hydrogen-bond donors (Lipinski definition) is 0. The van der Waals surface area contributed by atoms with Gasteiger partial charge in [-0.05, 0) is 37.3 Å². The predicted octanol–water partition coefficient (Wildman–Crippen LogP) is 3.12. The van der Waals surface area contributed by atoms with Gasteiger partial charge < -0.3 is 13.9 Å². The van der Waals surface area contributed by atoms with E-state index in [1.54, 1.807) is 18.2 Å². The van der Waals surface area contributed by atoms with Crippen LogP contribution in [-0.4, -0.2) is 22.3 Å². The van der Waals surface area contributed by atoms with Gasteiger partial charge in [0, 0.05) is 18.0 Å². The molecule has 2 heterocycles. The zero-order valence-corrected chi connectivity index (χ0v) is 12.2. The second-order valence-electron chi connectivity index (χ2n) is 4.74. The number of carbonyl (C=O) groups is 1.